The van der Waals surface area contributed by atoms with Gasteiger partial charge in [-0.3, -0.25) is 10.1 Å². The number of amides is 3. The van der Waals surface area contributed by atoms with Crippen LogP contribution in [0.3, 0.4) is 0 Å². The van der Waals surface area contributed by atoms with E-state index in [4.69, 9.17) is 11.6 Å². The van der Waals surface area contributed by atoms with Crippen molar-refractivity contribution >= 4 is 23.5 Å². The lowest BCUT2D eigenvalue weighted by molar-refractivity contribution is -0.117. The Balaban J connectivity index is 2.16. The Hall–Kier alpha value is -0.770. The third-order valence-electron chi connectivity index (χ3n) is 2.14. The van der Waals surface area contributed by atoms with Crippen LogP contribution >= 0.6 is 11.6 Å². The highest BCUT2D eigenvalue weighted by molar-refractivity contribution is 6.28. The van der Waals surface area contributed by atoms with E-state index in [1.165, 1.54) is 0 Å². The van der Waals surface area contributed by atoms with E-state index in [1.807, 2.05) is 0 Å². The number of carbonyl (C=O) groups is 2. The molecule has 2 atom stereocenters. The second-order valence-corrected chi connectivity index (χ2v) is 3.43. The molecule has 1 saturated carbocycles. The largest absolute Gasteiger partial charge is 0.335 e. The standard InChI is InChI=1S/C8H13ClN2O2/c1-2-5-3-6(5)10-8(13)11-7(12)4-9/h5-6H,2-4H2,1H3,(H2,10,11,12,13). The molecule has 0 saturated heterocycles. The number of imide groups is 1. The molecule has 3 amide bonds. The topological polar surface area (TPSA) is 58.2 Å². The average Bonchev–Trinajstić information content (AvgIpc) is 2.82. The summed E-state index contributed by atoms with van der Waals surface area (Å²) in [4.78, 5) is 21.7. The number of urea groups is 1. The van der Waals surface area contributed by atoms with Gasteiger partial charge in [0.15, 0.2) is 0 Å². The highest BCUT2D eigenvalue weighted by Crippen LogP contribution is 2.32. The van der Waals surface area contributed by atoms with E-state index in [0.717, 1.165) is 12.8 Å². The van der Waals surface area contributed by atoms with E-state index in [1.54, 1.807) is 0 Å². The molecule has 0 aliphatic heterocycles. The van der Waals surface area contributed by atoms with E-state index in [2.05, 4.69) is 17.6 Å². The summed E-state index contributed by atoms with van der Waals surface area (Å²) in [5, 5.41) is 4.82. The smallest absolute Gasteiger partial charge is 0.321 e. The highest BCUT2D eigenvalue weighted by atomic mass is 35.5. The SMILES string of the molecule is CCC1CC1NC(=O)NC(=O)CCl. The zero-order valence-electron chi connectivity index (χ0n) is 7.47. The van der Waals surface area contributed by atoms with Crippen LogP contribution < -0.4 is 10.6 Å². The summed E-state index contributed by atoms with van der Waals surface area (Å²) < 4.78 is 0. The third kappa shape index (κ3) is 3.22. The van der Waals surface area contributed by atoms with Gasteiger partial charge in [-0.1, -0.05) is 13.3 Å². The molecule has 74 valence electrons. The van der Waals surface area contributed by atoms with Crippen LogP contribution in [0.1, 0.15) is 19.8 Å². The Morgan fingerprint density at radius 1 is 1.54 bits per heavy atom. The van der Waals surface area contributed by atoms with Crippen LogP contribution in [0.5, 0.6) is 0 Å². The van der Waals surface area contributed by atoms with E-state index in [-0.39, 0.29) is 11.9 Å². The minimum atomic E-state index is -0.465. The Kier molecular flexibility index (Phi) is 3.54. The van der Waals surface area contributed by atoms with Gasteiger partial charge in [-0.05, 0) is 12.3 Å². The molecule has 0 radical (unpaired) electrons. The van der Waals surface area contributed by atoms with Gasteiger partial charge in [0.2, 0.25) is 5.91 Å². The number of hydrogen-bond acceptors (Lipinski definition) is 2. The van der Waals surface area contributed by atoms with E-state index < -0.39 is 11.9 Å². The van der Waals surface area contributed by atoms with Gasteiger partial charge in [-0.25, -0.2) is 4.79 Å². The summed E-state index contributed by atoms with van der Waals surface area (Å²) in [7, 11) is 0. The summed E-state index contributed by atoms with van der Waals surface area (Å²) in [5.74, 6) is -0.0697. The van der Waals surface area contributed by atoms with Gasteiger partial charge in [0.05, 0.1) is 0 Å². The Labute approximate surface area is 82.0 Å². The van der Waals surface area contributed by atoms with Crippen molar-refractivity contribution in [3.63, 3.8) is 0 Å². The zero-order chi connectivity index (χ0) is 9.84. The molecule has 0 aromatic carbocycles. The van der Waals surface area contributed by atoms with Gasteiger partial charge in [0.25, 0.3) is 0 Å². The van der Waals surface area contributed by atoms with Crippen LogP contribution in [0.4, 0.5) is 4.79 Å². The quantitative estimate of drug-likeness (QED) is 0.670. The first-order valence-corrected chi connectivity index (χ1v) is 4.87. The predicted octanol–water partition coefficient (Wildman–Crippen LogP) is 0.850. The third-order valence-corrected chi connectivity index (χ3v) is 2.38. The van der Waals surface area contributed by atoms with Crippen molar-refractivity contribution in [2.45, 2.75) is 25.8 Å². The number of hydrogen-bond donors (Lipinski definition) is 2. The summed E-state index contributed by atoms with van der Waals surface area (Å²) in [6, 6.07) is -0.195. The number of alkyl halides is 1. The first-order valence-electron chi connectivity index (χ1n) is 4.33. The lowest BCUT2D eigenvalue weighted by atomic mass is 10.3. The van der Waals surface area contributed by atoms with E-state index in [9.17, 15) is 9.59 Å². The van der Waals surface area contributed by atoms with Gasteiger partial charge in [-0.15, -0.1) is 11.6 Å². The molecule has 1 aliphatic carbocycles. The Bertz CT molecular complexity index is 220. The van der Waals surface area contributed by atoms with Crippen molar-refractivity contribution in [3.05, 3.63) is 0 Å². The van der Waals surface area contributed by atoms with E-state index in [0.29, 0.717) is 5.92 Å². The van der Waals surface area contributed by atoms with Crippen LogP contribution in [-0.2, 0) is 4.79 Å². The summed E-state index contributed by atoms with van der Waals surface area (Å²) in [5.41, 5.74) is 0. The molecule has 0 heterocycles. The van der Waals surface area contributed by atoms with Gasteiger partial charge >= 0.3 is 6.03 Å². The number of halogens is 1. The summed E-state index contributed by atoms with van der Waals surface area (Å²) in [6.07, 6.45) is 2.08. The molecular formula is C8H13ClN2O2. The average molecular weight is 205 g/mol. The molecule has 1 aliphatic rings. The molecule has 1 rings (SSSR count). The summed E-state index contributed by atoms with van der Waals surface area (Å²) >= 11 is 5.21. The van der Waals surface area contributed by atoms with Gasteiger partial charge < -0.3 is 5.32 Å². The van der Waals surface area contributed by atoms with Crippen LogP contribution in [0.15, 0.2) is 0 Å². The van der Waals surface area contributed by atoms with Crippen molar-refractivity contribution in [2.75, 3.05) is 5.88 Å². The number of carbonyl (C=O) groups excluding carboxylic acids is 2. The fourth-order valence-corrected chi connectivity index (χ4v) is 1.31. The zero-order valence-corrected chi connectivity index (χ0v) is 8.23. The highest BCUT2D eigenvalue weighted by Gasteiger charge is 2.36. The molecule has 2 unspecified atom stereocenters. The van der Waals surface area contributed by atoms with E-state index >= 15 is 0 Å². The lowest BCUT2D eigenvalue weighted by Gasteiger charge is -2.03. The molecule has 0 aromatic heterocycles. The molecule has 4 nitrogen and oxygen atoms in total. The summed E-state index contributed by atoms with van der Waals surface area (Å²) in [6.45, 7) is 2.08. The van der Waals surface area contributed by atoms with Crippen molar-refractivity contribution < 1.29 is 9.59 Å². The van der Waals surface area contributed by atoms with Crippen molar-refractivity contribution in [2.24, 2.45) is 5.92 Å². The van der Waals surface area contributed by atoms with Crippen LogP contribution in [-0.4, -0.2) is 23.9 Å². The van der Waals surface area contributed by atoms with Crippen LogP contribution in [0.25, 0.3) is 0 Å². The molecule has 0 aromatic rings. The van der Waals surface area contributed by atoms with Gasteiger partial charge in [-0.2, -0.15) is 0 Å². The number of rotatable bonds is 3. The van der Waals surface area contributed by atoms with Crippen molar-refractivity contribution in [3.8, 4) is 0 Å². The normalized spacial score (nSPS) is 25.1. The minimum absolute atomic E-state index is 0.185. The fourth-order valence-electron chi connectivity index (χ4n) is 1.24. The second kappa shape index (κ2) is 4.46. The molecule has 13 heavy (non-hydrogen) atoms. The van der Waals surface area contributed by atoms with Gasteiger partial charge in [0.1, 0.15) is 5.88 Å². The second-order valence-electron chi connectivity index (χ2n) is 3.17. The molecule has 5 heteroatoms. The minimum Gasteiger partial charge on any atom is -0.335 e. The van der Waals surface area contributed by atoms with Crippen molar-refractivity contribution in [1.29, 1.82) is 0 Å². The fraction of sp³-hybridized carbons (Fsp3) is 0.750. The lowest BCUT2D eigenvalue weighted by Crippen LogP contribution is -2.41. The van der Waals surface area contributed by atoms with Crippen molar-refractivity contribution in [1.82, 2.24) is 10.6 Å². The predicted molar refractivity (Wildman–Crippen MR) is 49.6 cm³/mol. The first-order chi connectivity index (χ1) is 6.17. The number of nitrogens with one attached hydrogen (secondary N) is 2. The maximum absolute atomic E-state index is 11.0. The van der Waals surface area contributed by atoms with Gasteiger partial charge in [0, 0.05) is 6.04 Å². The molecular weight excluding hydrogens is 192 g/mol. The Morgan fingerprint density at radius 3 is 2.69 bits per heavy atom. The maximum atomic E-state index is 11.0. The molecule has 0 spiro atoms. The van der Waals surface area contributed by atoms with Crippen LogP contribution in [0.2, 0.25) is 0 Å². The van der Waals surface area contributed by atoms with Crippen LogP contribution in [0, 0.1) is 5.92 Å². The first kappa shape index (κ1) is 10.3. The molecule has 1 fully saturated rings. The molecule has 2 N–H and O–H groups in total. The Morgan fingerprint density at radius 2 is 2.23 bits per heavy atom. The monoisotopic (exact) mass is 204 g/mol. The molecule has 0 bridgehead atoms. The maximum Gasteiger partial charge on any atom is 0.321 e.